The van der Waals surface area contributed by atoms with Crippen molar-refractivity contribution in [2.24, 2.45) is 0 Å². The smallest absolute Gasteiger partial charge is 0.0920 e. The highest BCUT2D eigenvalue weighted by Crippen LogP contribution is 2.30. The molecule has 2 nitrogen and oxygen atoms in total. The van der Waals surface area contributed by atoms with E-state index >= 15 is 0 Å². The summed E-state index contributed by atoms with van der Waals surface area (Å²) in [4.78, 5) is 0. The van der Waals surface area contributed by atoms with Crippen LogP contribution in [0.2, 0.25) is 0 Å². The van der Waals surface area contributed by atoms with Crippen LogP contribution in [0.15, 0.2) is 22.7 Å². The van der Waals surface area contributed by atoms with Crippen LogP contribution < -0.4 is 0 Å². The molecule has 1 aromatic carbocycles. The van der Waals surface area contributed by atoms with Gasteiger partial charge in [-0.25, -0.2) is 0 Å². The third-order valence-corrected chi connectivity index (χ3v) is 3.34. The number of fused-ring (bicyclic) bond motifs is 1. The number of halogens is 1. The number of hydrogen-bond acceptors (Lipinski definition) is 2. The minimum Gasteiger partial charge on any atom is -0.393 e. The predicted molar refractivity (Wildman–Crippen MR) is 58.2 cm³/mol. The van der Waals surface area contributed by atoms with Crippen LogP contribution in [-0.4, -0.2) is 22.4 Å². The summed E-state index contributed by atoms with van der Waals surface area (Å²) in [5.41, 5.74) is 1.52. The summed E-state index contributed by atoms with van der Waals surface area (Å²) in [6.07, 6.45) is 2.05. The SMILES string of the molecule is OCC1(O)CCc2cc(Br)ccc2C1. The van der Waals surface area contributed by atoms with E-state index in [0.717, 1.165) is 16.5 Å². The third-order valence-electron chi connectivity index (χ3n) is 2.84. The van der Waals surface area contributed by atoms with Gasteiger partial charge in [-0.05, 0) is 36.1 Å². The Labute approximate surface area is 91.7 Å². The van der Waals surface area contributed by atoms with Crippen molar-refractivity contribution in [1.29, 1.82) is 0 Å². The van der Waals surface area contributed by atoms with Crippen molar-refractivity contribution in [1.82, 2.24) is 0 Å². The maximum absolute atomic E-state index is 9.93. The molecule has 1 atom stereocenters. The zero-order chi connectivity index (χ0) is 10.2. The van der Waals surface area contributed by atoms with Gasteiger partial charge in [0, 0.05) is 10.9 Å². The van der Waals surface area contributed by atoms with Crippen LogP contribution in [0.5, 0.6) is 0 Å². The quantitative estimate of drug-likeness (QED) is 0.803. The number of aryl methyl sites for hydroxylation is 1. The van der Waals surface area contributed by atoms with Crippen LogP contribution in [0.1, 0.15) is 17.5 Å². The van der Waals surface area contributed by atoms with Gasteiger partial charge < -0.3 is 10.2 Å². The summed E-state index contributed by atoms with van der Waals surface area (Å²) < 4.78 is 1.07. The third kappa shape index (κ3) is 1.85. The second-order valence-corrected chi connectivity index (χ2v) is 4.89. The fraction of sp³-hybridized carbons (Fsp3) is 0.455. The number of hydrogen-bond donors (Lipinski definition) is 2. The summed E-state index contributed by atoms with van der Waals surface area (Å²) in [5, 5.41) is 19.0. The zero-order valence-electron chi connectivity index (χ0n) is 7.83. The number of rotatable bonds is 1. The fourth-order valence-corrected chi connectivity index (χ4v) is 2.35. The van der Waals surface area contributed by atoms with Gasteiger partial charge in [0.25, 0.3) is 0 Å². The second-order valence-electron chi connectivity index (χ2n) is 3.97. The Hall–Kier alpha value is -0.380. The lowest BCUT2D eigenvalue weighted by molar-refractivity contribution is -0.0248. The van der Waals surface area contributed by atoms with E-state index in [2.05, 4.69) is 22.0 Å². The number of benzene rings is 1. The first-order chi connectivity index (χ1) is 6.63. The van der Waals surface area contributed by atoms with Gasteiger partial charge in [-0.3, -0.25) is 0 Å². The maximum Gasteiger partial charge on any atom is 0.0920 e. The standard InChI is InChI=1S/C11H13BrO2/c12-10-2-1-9-6-11(14,7-13)4-3-8(9)5-10/h1-2,5,13-14H,3-4,6-7H2. The topological polar surface area (TPSA) is 40.5 Å². The number of aliphatic hydroxyl groups is 2. The van der Waals surface area contributed by atoms with E-state index in [4.69, 9.17) is 5.11 Å². The Morgan fingerprint density at radius 3 is 2.86 bits per heavy atom. The summed E-state index contributed by atoms with van der Waals surface area (Å²) in [7, 11) is 0. The minimum atomic E-state index is -0.902. The van der Waals surface area contributed by atoms with Crippen LogP contribution in [0.3, 0.4) is 0 Å². The van der Waals surface area contributed by atoms with Gasteiger partial charge in [0.1, 0.15) is 0 Å². The Morgan fingerprint density at radius 2 is 2.14 bits per heavy atom. The van der Waals surface area contributed by atoms with Gasteiger partial charge >= 0.3 is 0 Å². The van der Waals surface area contributed by atoms with Gasteiger partial charge in [-0.2, -0.15) is 0 Å². The lowest BCUT2D eigenvalue weighted by Crippen LogP contribution is -2.39. The van der Waals surface area contributed by atoms with Gasteiger partial charge in [0.2, 0.25) is 0 Å². The monoisotopic (exact) mass is 256 g/mol. The molecule has 0 amide bonds. The Balaban J connectivity index is 2.31. The predicted octanol–water partition coefficient (Wildman–Crippen LogP) is 1.66. The second kappa shape index (κ2) is 3.65. The molecule has 1 unspecified atom stereocenters. The van der Waals surface area contributed by atoms with Crippen molar-refractivity contribution in [3.05, 3.63) is 33.8 Å². The largest absolute Gasteiger partial charge is 0.393 e. The van der Waals surface area contributed by atoms with Crippen molar-refractivity contribution in [2.45, 2.75) is 24.9 Å². The molecule has 0 fully saturated rings. The van der Waals surface area contributed by atoms with E-state index in [9.17, 15) is 5.11 Å². The lowest BCUT2D eigenvalue weighted by Gasteiger charge is -2.31. The van der Waals surface area contributed by atoms with E-state index in [-0.39, 0.29) is 6.61 Å². The van der Waals surface area contributed by atoms with Gasteiger partial charge in [-0.1, -0.05) is 22.0 Å². The highest BCUT2D eigenvalue weighted by atomic mass is 79.9. The normalized spacial score (nSPS) is 25.9. The van der Waals surface area contributed by atoms with Gasteiger partial charge in [0.05, 0.1) is 12.2 Å². The summed E-state index contributed by atoms with van der Waals surface area (Å²) in [6.45, 7) is -0.150. The molecule has 2 rings (SSSR count). The molecule has 0 saturated carbocycles. The first-order valence-corrected chi connectivity index (χ1v) is 5.53. The highest BCUT2D eigenvalue weighted by molar-refractivity contribution is 9.10. The molecule has 0 aliphatic heterocycles. The molecular weight excluding hydrogens is 244 g/mol. The molecule has 2 N–H and O–H groups in total. The van der Waals surface area contributed by atoms with E-state index in [1.807, 2.05) is 12.1 Å². The molecule has 76 valence electrons. The molecule has 1 aliphatic carbocycles. The van der Waals surface area contributed by atoms with Crippen LogP contribution in [0.25, 0.3) is 0 Å². The summed E-state index contributed by atoms with van der Waals surface area (Å²) in [6, 6.07) is 6.08. The van der Waals surface area contributed by atoms with Crippen LogP contribution in [0, 0.1) is 0 Å². The molecule has 0 aromatic heterocycles. The van der Waals surface area contributed by atoms with Gasteiger partial charge in [0.15, 0.2) is 0 Å². The van der Waals surface area contributed by atoms with E-state index in [1.54, 1.807) is 0 Å². The molecule has 3 heteroatoms. The molecule has 14 heavy (non-hydrogen) atoms. The van der Waals surface area contributed by atoms with Crippen LogP contribution in [0.4, 0.5) is 0 Å². The molecule has 0 spiro atoms. The van der Waals surface area contributed by atoms with Crippen molar-refractivity contribution in [3.63, 3.8) is 0 Å². The Morgan fingerprint density at radius 1 is 1.36 bits per heavy atom. The van der Waals surface area contributed by atoms with Crippen LogP contribution >= 0.6 is 15.9 Å². The van der Waals surface area contributed by atoms with Crippen molar-refractivity contribution in [2.75, 3.05) is 6.61 Å². The van der Waals surface area contributed by atoms with E-state index in [1.165, 1.54) is 5.56 Å². The Bertz CT molecular complexity index is 351. The lowest BCUT2D eigenvalue weighted by atomic mass is 9.81. The molecular formula is C11H13BrO2. The summed E-state index contributed by atoms with van der Waals surface area (Å²) in [5.74, 6) is 0. The fourth-order valence-electron chi connectivity index (χ4n) is 1.94. The average Bonchev–Trinajstić information content (AvgIpc) is 2.19. The van der Waals surface area contributed by atoms with E-state index < -0.39 is 5.60 Å². The highest BCUT2D eigenvalue weighted by Gasteiger charge is 2.31. The number of aliphatic hydroxyl groups excluding tert-OH is 1. The average molecular weight is 257 g/mol. The molecule has 0 heterocycles. The maximum atomic E-state index is 9.93. The van der Waals surface area contributed by atoms with Gasteiger partial charge in [-0.15, -0.1) is 0 Å². The molecule has 0 saturated heterocycles. The first kappa shape index (κ1) is 10.1. The minimum absolute atomic E-state index is 0.150. The first-order valence-electron chi connectivity index (χ1n) is 4.73. The van der Waals surface area contributed by atoms with Crippen molar-refractivity contribution in [3.8, 4) is 0 Å². The zero-order valence-corrected chi connectivity index (χ0v) is 9.42. The molecule has 0 radical (unpaired) electrons. The van der Waals surface area contributed by atoms with E-state index in [0.29, 0.717) is 12.8 Å². The van der Waals surface area contributed by atoms with Crippen molar-refractivity contribution < 1.29 is 10.2 Å². The molecule has 1 aliphatic rings. The van der Waals surface area contributed by atoms with Crippen molar-refractivity contribution >= 4 is 15.9 Å². The summed E-state index contributed by atoms with van der Waals surface area (Å²) >= 11 is 3.42. The molecule has 0 bridgehead atoms. The molecule has 1 aromatic rings. The Kier molecular flexibility index (Phi) is 2.64. The van der Waals surface area contributed by atoms with Crippen LogP contribution in [-0.2, 0) is 12.8 Å².